The minimum atomic E-state index is -1.82. The van der Waals surface area contributed by atoms with Gasteiger partial charge in [-0.2, -0.15) is 0 Å². The smallest absolute Gasteiger partial charge is 0.414 e. The SMILES string of the molecule is CC(=O)N(c1nc(CNCCCOC(C)C)cs1)c1c(C)cccc1C.O=C(O)C(=O)O. The number of carbonyl (C=O) groups excluding carboxylic acids is 1. The number of rotatable bonds is 9. The summed E-state index contributed by atoms with van der Waals surface area (Å²) in [5.74, 6) is -3.67. The maximum atomic E-state index is 12.3. The molecule has 1 heterocycles. The molecule has 2 aromatic rings. The van der Waals surface area contributed by atoms with Crippen LogP contribution in [0.25, 0.3) is 0 Å². The topological polar surface area (TPSA) is 129 Å². The number of carboxylic acid groups (broad SMARTS) is 2. The van der Waals surface area contributed by atoms with Gasteiger partial charge in [0.05, 0.1) is 17.5 Å². The maximum Gasteiger partial charge on any atom is 0.414 e. The van der Waals surface area contributed by atoms with Gasteiger partial charge in [0.25, 0.3) is 0 Å². The van der Waals surface area contributed by atoms with E-state index in [1.165, 1.54) is 11.3 Å². The number of para-hydroxylation sites is 1. The highest BCUT2D eigenvalue weighted by molar-refractivity contribution is 7.14. The number of nitrogens with one attached hydrogen (secondary N) is 1. The molecular formula is C22H31N3O6S. The lowest BCUT2D eigenvalue weighted by Crippen LogP contribution is -2.24. The van der Waals surface area contributed by atoms with Crippen LogP contribution < -0.4 is 10.2 Å². The Morgan fingerprint density at radius 1 is 1.16 bits per heavy atom. The molecule has 0 bridgehead atoms. The number of amides is 1. The number of aliphatic carboxylic acids is 2. The summed E-state index contributed by atoms with van der Waals surface area (Å²) in [5.41, 5.74) is 4.02. The fourth-order valence-electron chi connectivity index (χ4n) is 2.76. The number of nitrogens with zero attached hydrogens (tertiary/aromatic N) is 2. The van der Waals surface area contributed by atoms with Gasteiger partial charge < -0.3 is 20.3 Å². The number of hydrogen-bond acceptors (Lipinski definition) is 7. The molecule has 0 spiro atoms. The Bertz CT molecular complexity index is 881. The zero-order valence-electron chi connectivity index (χ0n) is 19.0. The molecular weight excluding hydrogens is 434 g/mol. The Kier molecular flexibility index (Phi) is 11.5. The number of carbonyl (C=O) groups is 3. The van der Waals surface area contributed by atoms with E-state index < -0.39 is 11.9 Å². The summed E-state index contributed by atoms with van der Waals surface area (Å²) in [4.78, 5) is 36.9. The first-order valence-electron chi connectivity index (χ1n) is 10.1. The molecule has 10 heteroatoms. The van der Waals surface area contributed by atoms with Crippen LogP contribution in [-0.2, 0) is 25.7 Å². The highest BCUT2D eigenvalue weighted by Crippen LogP contribution is 2.33. The fraction of sp³-hybridized carbons (Fsp3) is 0.455. The molecule has 176 valence electrons. The van der Waals surface area contributed by atoms with Crippen molar-refractivity contribution >= 4 is 40.0 Å². The zero-order chi connectivity index (χ0) is 24.3. The van der Waals surface area contributed by atoms with Gasteiger partial charge in [-0.05, 0) is 51.8 Å². The van der Waals surface area contributed by atoms with Crippen LogP contribution in [0.15, 0.2) is 23.6 Å². The van der Waals surface area contributed by atoms with Crippen molar-refractivity contribution in [3.63, 3.8) is 0 Å². The van der Waals surface area contributed by atoms with E-state index in [1.807, 2.05) is 51.3 Å². The Morgan fingerprint density at radius 2 is 1.75 bits per heavy atom. The van der Waals surface area contributed by atoms with Crippen LogP contribution in [0, 0.1) is 13.8 Å². The number of thiazole rings is 1. The first-order chi connectivity index (χ1) is 15.0. The van der Waals surface area contributed by atoms with Crippen LogP contribution in [0.2, 0.25) is 0 Å². The third kappa shape index (κ3) is 9.13. The van der Waals surface area contributed by atoms with Crippen molar-refractivity contribution in [1.29, 1.82) is 0 Å². The van der Waals surface area contributed by atoms with E-state index in [1.54, 1.807) is 11.8 Å². The molecule has 0 radical (unpaired) electrons. The molecule has 2 rings (SSSR count). The summed E-state index contributed by atoms with van der Waals surface area (Å²) in [6.45, 7) is 12.0. The monoisotopic (exact) mass is 465 g/mol. The van der Waals surface area contributed by atoms with E-state index in [4.69, 9.17) is 24.5 Å². The van der Waals surface area contributed by atoms with Gasteiger partial charge in [0.1, 0.15) is 0 Å². The van der Waals surface area contributed by atoms with Crippen molar-refractivity contribution < 1.29 is 29.3 Å². The summed E-state index contributed by atoms with van der Waals surface area (Å²) >= 11 is 1.50. The molecule has 0 aliphatic carbocycles. The third-order valence-electron chi connectivity index (χ3n) is 4.15. The quantitative estimate of drug-likeness (QED) is 0.379. The second-order valence-electron chi connectivity index (χ2n) is 7.28. The second kappa shape index (κ2) is 13.6. The Balaban J connectivity index is 0.000000751. The fourth-order valence-corrected chi connectivity index (χ4v) is 3.63. The van der Waals surface area contributed by atoms with Crippen molar-refractivity contribution in [3.8, 4) is 0 Å². The number of ether oxygens (including phenoxy) is 1. The Hall–Kier alpha value is -2.82. The summed E-state index contributed by atoms with van der Waals surface area (Å²) in [6, 6.07) is 6.05. The highest BCUT2D eigenvalue weighted by Gasteiger charge is 2.21. The van der Waals surface area contributed by atoms with Gasteiger partial charge in [0, 0.05) is 25.5 Å². The van der Waals surface area contributed by atoms with E-state index in [-0.39, 0.29) is 12.0 Å². The normalized spacial score (nSPS) is 10.4. The average Bonchev–Trinajstić information content (AvgIpc) is 3.15. The highest BCUT2D eigenvalue weighted by atomic mass is 32.1. The number of hydrogen-bond donors (Lipinski definition) is 3. The molecule has 0 fully saturated rings. The molecule has 0 unspecified atom stereocenters. The maximum absolute atomic E-state index is 12.3. The van der Waals surface area contributed by atoms with E-state index >= 15 is 0 Å². The van der Waals surface area contributed by atoms with Crippen LogP contribution in [0.1, 0.15) is 44.0 Å². The first kappa shape index (κ1) is 27.2. The van der Waals surface area contributed by atoms with E-state index in [9.17, 15) is 4.79 Å². The van der Waals surface area contributed by atoms with Crippen molar-refractivity contribution in [2.24, 2.45) is 0 Å². The number of benzene rings is 1. The van der Waals surface area contributed by atoms with Gasteiger partial charge in [0.2, 0.25) is 5.91 Å². The van der Waals surface area contributed by atoms with Gasteiger partial charge in [0.15, 0.2) is 5.13 Å². The van der Waals surface area contributed by atoms with Gasteiger partial charge in [-0.25, -0.2) is 14.6 Å². The molecule has 9 nitrogen and oxygen atoms in total. The summed E-state index contributed by atoms with van der Waals surface area (Å²) in [6.07, 6.45) is 1.25. The summed E-state index contributed by atoms with van der Waals surface area (Å²) in [5, 5.41) is 20.9. The molecule has 0 saturated heterocycles. The van der Waals surface area contributed by atoms with Crippen LogP contribution in [0.3, 0.4) is 0 Å². The minimum Gasteiger partial charge on any atom is -0.473 e. The molecule has 0 aliphatic heterocycles. The van der Waals surface area contributed by atoms with E-state index in [0.29, 0.717) is 6.54 Å². The first-order valence-corrected chi connectivity index (χ1v) is 11.0. The van der Waals surface area contributed by atoms with Gasteiger partial charge in [-0.3, -0.25) is 9.69 Å². The summed E-state index contributed by atoms with van der Waals surface area (Å²) < 4.78 is 5.53. The van der Waals surface area contributed by atoms with Crippen LogP contribution in [0.4, 0.5) is 10.8 Å². The van der Waals surface area contributed by atoms with Crippen LogP contribution >= 0.6 is 11.3 Å². The Morgan fingerprint density at radius 3 is 2.25 bits per heavy atom. The molecule has 1 amide bonds. The Labute approximate surface area is 192 Å². The van der Waals surface area contributed by atoms with Gasteiger partial charge in [-0.1, -0.05) is 18.2 Å². The lowest BCUT2D eigenvalue weighted by Gasteiger charge is -2.22. The molecule has 0 aliphatic rings. The molecule has 3 N–H and O–H groups in total. The second-order valence-corrected chi connectivity index (χ2v) is 8.11. The largest absolute Gasteiger partial charge is 0.473 e. The van der Waals surface area contributed by atoms with Crippen molar-refractivity contribution in [1.82, 2.24) is 10.3 Å². The number of anilines is 2. The third-order valence-corrected chi connectivity index (χ3v) is 5.02. The molecule has 0 atom stereocenters. The number of carboxylic acids is 2. The van der Waals surface area contributed by atoms with Gasteiger partial charge in [-0.15, -0.1) is 11.3 Å². The minimum absolute atomic E-state index is 0.0258. The van der Waals surface area contributed by atoms with Crippen LogP contribution in [0.5, 0.6) is 0 Å². The molecule has 1 aromatic carbocycles. The molecule has 0 saturated carbocycles. The predicted octanol–water partition coefficient (Wildman–Crippen LogP) is 3.50. The van der Waals surface area contributed by atoms with Gasteiger partial charge >= 0.3 is 11.9 Å². The number of aromatic nitrogens is 1. The lowest BCUT2D eigenvalue weighted by atomic mass is 10.1. The van der Waals surface area contributed by atoms with E-state index in [2.05, 4.69) is 10.3 Å². The predicted molar refractivity (Wildman–Crippen MR) is 124 cm³/mol. The standard InChI is InChI=1S/C20H29N3O2S.C2H2O4/c1-14(2)25-11-7-10-21-12-18-13-26-20(22-18)23(17(5)24)19-15(3)8-6-9-16(19)4;3-1(4)2(5)6/h6,8-9,13-14,21H,7,10-12H2,1-5H3;(H,3,4)(H,5,6). The zero-order valence-corrected chi connectivity index (χ0v) is 19.9. The van der Waals surface area contributed by atoms with E-state index in [0.717, 1.165) is 47.2 Å². The molecule has 1 aromatic heterocycles. The van der Waals surface area contributed by atoms with Crippen molar-refractivity contribution in [2.45, 2.75) is 53.7 Å². The molecule has 32 heavy (non-hydrogen) atoms. The van der Waals surface area contributed by atoms with Crippen LogP contribution in [-0.4, -0.2) is 52.3 Å². The summed E-state index contributed by atoms with van der Waals surface area (Å²) in [7, 11) is 0. The average molecular weight is 466 g/mol. The van der Waals surface area contributed by atoms with Crippen molar-refractivity contribution in [3.05, 3.63) is 40.4 Å². The lowest BCUT2D eigenvalue weighted by molar-refractivity contribution is -0.159. The number of aryl methyl sites for hydroxylation is 2. The van der Waals surface area contributed by atoms with Crippen molar-refractivity contribution in [2.75, 3.05) is 18.1 Å².